The third-order valence-electron chi connectivity index (χ3n) is 6.34. The topological polar surface area (TPSA) is 118 Å². The number of fused-ring (bicyclic) bond motifs is 1. The van der Waals surface area contributed by atoms with E-state index in [1.54, 1.807) is 60.7 Å². The number of methoxy groups -OCH3 is 2. The van der Waals surface area contributed by atoms with Crippen molar-refractivity contribution in [2.45, 2.75) is 13.0 Å². The molecule has 5 rings (SSSR count). The molecule has 0 saturated carbocycles. The van der Waals surface area contributed by atoms with Gasteiger partial charge in [-0.05, 0) is 54.1 Å². The van der Waals surface area contributed by atoms with Crippen LogP contribution in [0.3, 0.4) is 0 Å². The van der Waals surface area contributed by atoms with Crippen LogP contribution in [0, 0.1) is 0 Å². The Morgan fingerprint density at radius 3 is 2.31 bits per heavy atom. The van der Waals surface area contributed by atoms with Crippen molar-refractivity contribution in [2.75, 3.05) is 24.4 Å². The van der Waals surface area contributed by atoms with Crippen molar-refractivity contribution >= 4 is 51.5 Å². The summed E-state index contributed by atoms with van der Waals surface area (Å²) in [6.07, 6.45) is 0. The van der Waals surface area contributed by atoms with Crippen LogP contribution in [0.5, 0.6) is 11.5 Å². The summed E-state index contributed by atoms with van der Waals surface area (Å²) in [5, 5.41) is 14.6. The molecule has 0 fully saturated rings. The summed E-state index contributed by atoms with van der Waals surface area (Å²) in [6.45, 7) is 1.39. The van der Waals surface area contributed by atoms with Crippen LogP contribution in [-0.2, 0) is 9.59 Å². The molecule has 1 unspecified atom stereocenters. The van der Waals surface area contributed by atoms with Crippen LogP contribution in [0.4, 0.5) is 11.4 Å². The zero-order chi connectivity index (χ0) is 27.8. The van der Waals surface area contributed by atoms with Gasteiger partial charge in [-0.15, -0.1) is 0 Å². The lowest BCUT2D eigenvalue weighted by atomic mass is 9.94. The van der Waals surface area contributed by atoms with Crippen molar-refractivity contribution in [2.24, 2.45) is 0 Å². The maximum atomic E-state index is 13.9. The van der Waals surface area contributed by atoms with Gasteiger partial charge in [-0.25, -0.2) is 0 Å². The number of furan rings is 1. The van der Waals surface area contributed by atoms with E-state index in [9.17, 15) is 19.5 Å². The van der Waals surface area contributed by atoms with Gasteiger partial charge in [-0.2, -0.15) is 0 Å². The molecule has 0 radical (unpaired) electrons. The number of hydrogen-bond acceptors (Lipinski definition) is 7. The summed E-state index contributed by atoms with van der Waals surface area (Å²) in [4.78, 5) is 40.1. The summed E-state index contributed by atoms with van der Waals surface area (Å²) < 4.78 is 16.4. The first kappa shape index (κ1) is 25.9. The Kier molecular flexibility index (Phi) is 6.76. The van der Waals surface area contributed by atoms with E-state index in [1.165, 1.54) is 32.1 Å². The number of Topliss-reactive ketones (excluding diaryl/α,β-unsaturated/α-hetero) is 1. The molecule has 0 saturated heterocycles. The van der Waals surface area contributed by atoms with Crippen LogP contribution in [0.15, 0.2) is 82.5 Å². The standard InChI is InChI=1S/C29H23ClN2O7/c1-15(33)31-19-6-8-20(9-7-19)32-25(16-4-10-21(37-2)11-5-16)24(27(35)29(32)36)26(34)22-13-17-12-18(30)14-23(38-3)28(17)39-22/h4-14,25,35H,1-3H3,(H,31,33). The summed E-state index contributed by atoms with van der Waals surface area (Å²) in [6, 6.07) is 17.0. The summed E-state index contributed by atoms with van der Waals surface area (Å²) in [5.41, 5.74) is 1.64. The molecule has 9 nitrogen and oxygen atoms in total. The van der Waals surface area contributed by atoms with Crippen LogP contribution in [0.1, 0.15) is 29.1 Å². The number of amides is 2. The molecule has 10 heteroatoms. The van der Waals surface area contributed by atoms with Gasteiger partial charge in [-0.1, -0.05) is 23.7 Å². The molecule has 3 aromatic carbocycles. The van der Waals surface area contributed by atoms with Gasteiger partial charge >= 0.3 is 0 Å². The number of benzene rings is 3. The predicted molar refractivity (Wildman–Crippen MR) is 146 cm³/mol. The summed E-state index contributed by atoms with van der Waals surface area (Å²) in [5.74, 6) is -1.55. The van der Waals surface area contributed by atoms with E-state index in [-0.39, 0.29) is 17.2 Å². The number of carbonyl (C=O) groups excluding carboxylic acids is 3. The number of anilines is 2. The highest BCUT2D eigenvalue weighted by Gasteiger charge is 2.45. The minimum Gasteiger partial charge on any atom is -0.503 e. The molecule has 4 aromatic rings. The van der Waals surface area contributed by atoms with Gasteiger partial charge in [0.1, 0.15) is 5.75 Å². The Labute approximate surface area is 228 Å². The smallest absolute Gasteiger partial charge is 0.294 e. The zero-order valence-electron chi connectivity index (χ0n) is 21.2. The van der Waals surface area contributed by atoms with Crippen molar-refractivity contribution in [3.8, 4) is 11.5 Å². The molecular formula is C29H23ClN2O7. The van der Waals surface area contributed by atoms with Gasteiger partial charge in [0.15, 0.2) is 22.9 Å². The maximum absolute atomic E-state index is 13.9. The third-order valence-corrected chi connectivity index (χ3v) is 6.56. The van der Waals surface area contributed by atoms with E-state index in [0.29, 0.717) is 44.4 Å². The molecule has 1 atom stereocenters. The average molecular weight is 547 g/mol. The molecule has 2 N–H and O–H groups in total. The number of aliphatic hydroxyl groups excluding tert-OH is 1. The van der Waals surface area contributed by atoms with Crippen molar-refractivity contribution in [3.63, 3.8) is 0 Å². The fraction of sp³-hybridized carbons (Fsp3) is 0.138. The monoisotopic (exact) mass is 546 g/mol. The molecule has 0 aliphatic carbocycles. The lowest BCUT2D eigenvalue weighted by Crippen LogP contribution is -2.31. The van der Waals surface area contributed by atoms with Crippen LogP contribution in [0.2, 0.25) is 5.02 Å². The second-order valence-electron chi connectivity index (χ2n) is 8.81. The van der Waals surface area contributed by atoms with Gasteiger partial charge < -0.3 is 24.3 Å². The predicted octanol–water partition coefficient (Wildman–Crippen LogP) is 5.84. The number of nitrogens with zero attached hydrogens (tertiary/aromatic N) is 1. The molecular weight excluding hydrogens is 524 g/mol. The minimum absolute atomic E-state index is 0.0960. The maximum Gasteiger partial charge on any atom is 0.294 e. The molecule has 0 bridgehead atoms. The number of hydrogen-bond donors (Lipinski definition) is 2. The van der Waals surface area contributed by atoms with Gasteiger partial charge in [0.2, 0.25) is 11.7 Å². The van der Waals surface area contributed by atoms with Crippen molar-refractivity contribution in [3.05, 3.63) is 94.4 Å². The van der Waals surface area contributed by atoms with E-state index in [0.717, 1.165) is 0 Å². The lowest BCUT2D eigenvalue weighted by Gasteiger charge is -2.27. The molecule has 1 aliphatic heterocycles. The van der Waals surface area contributed by atoms with Crippen LogP contribution < -0.4 is 19.7 Å². The first-order chi connectivity index (χ1) is 18.7. The van der Waals surface area contributed by atoms with Crippen LogP contribution in [-0.4, -0.2) is 36.9 Å². The van der Waals surface area contributed by atoms with E-state index >= 15 is 0 Å². The van der Waals surface area contributed by atoms with E-state index < -0.39 is 23.5 Å². The van der Waals surface area contributed by atoms with E-state index in [4.69, 9.17) is 25.5 Å². The Morgan fingerprint density at radius 2 is 1.69 bits per heavy atom. The third kappa shape index (κ3) is 4.68. The fourth-order valence-electron chi connectivity index (χ4n) is 4.60. The van der Waals surface area contributed by atoms with E-state index in [1.807, 2.05) is 0 Å². The van der Waals surface area contributed by atoms with Crippen molar-refractivity contribution in [1.29, 1.82) is 0 Å². The Balaban J connectivity index is 1.62. The molecule has 0 spiro atoms. The molecule has 1 aromatic heterocycles. The number of halogens is 1. The molecule has 2 amide bonds. The molecule has 39 heavy (non-hydrogen) atoms. The van der Waals surface area contributed by atoms with Crippen molar-refractivity contribution in [1.82, 2.24) is 0 Å². The second-order valence-corrected chi connectivity index (χ2v) is 9.24. The summed E-state index contributed by atoms with van der Waals surface area (Å²) >= 11 is 6.17. The highest BCUT2D eigenvalue weighted by molar-refractivity contribution is 6.31. The van der Waals surface area contributed by atoms with Crippen LogP contribution in [0.25, 0.3) is 11.0 Å². The minimum atomic E-state index is -0.985. The molecule has 2 heterocycles. The Bertz CT molecular complexity index is 1640. The molecule has 1 aliphatic rings. The van der Waals surface area contributed by atoms with Gasteiger partial charge in [0.05, 0.1) is 25.8 Å². The normalized spacial score (nSPS) is 15.1. The fourth-order valence-corrected chi connectivity index (χ4v) is 4.81. The van der Waals surface area contributed by atoms with Crippen LogP contribution >= 0.6 is 11.6 Å². The Morgan fingerprint density at radius 1 is 1.00 bits per heavy atom. The van der Waals surface area contributed by atoms with Gasteiger partial charge in [0, 0.05) is 34.8 Å². The number of ketones is 1. The second kappa shape index (κ2) is 10.2. The van der Waals surface area contributed by atoms with Gasteiger partial charge in [-0.3, -0.25) is 19.3 Å². The summed E-state index contributed by atoms with van der Waals surface area (Å²) in [7, 11) is 2.98. The number of aliphatic hydroxyl groups is 1. The first-order valence-corrected chi connectivity index (χ1v) is 12.2. The SMILES string of the molecule is COc1ccc(C2C(C(=O)c3cc4cc(Cl)cc(OC)c4o3)=C(O)C(=O)N2c2ccc(NC(C)=O)cc2)cc1. The highest BCUT2D eigenvalue weighted by Crippen LogP contribution is 2.43. The average Bonchev–Trinajstić information content (AvgIpc) is 3.47. The zero-order valence-corrected chi connectivity index (χ0v) is 21.9. The Hall–Kier alpha value is -4.76. The largest absolute Gasteiger partial charge is 0.503 e. The number of carbonyl (C=O) groups is 3. The quantitative estimate of drug-likeness (QED) is 0.279. The lowest BCUT2D eigenvalue weighted by molar-refractivity contribution is -0.117. The van der Waals surface area contributed by atoms with Gasteiger partial charge in [0.25, 0.3) is 5.91 Å². The highest BCUT2D eigenvalue weighted by atomic mass is 35.5. The van der Waals surface area contributed by atoms with E-state index in [2.05, 4.69) is 5.32 Å². The first-order valence-electron chi connectivity index (χ1n) is 11.8. The van der Waals surface area contributed by atoms with Crippen molar-refractivity contribution < 1.29 is 33.4 Å². The number of ether oxygens (including phenoxy) is 2. The molecule has 198 valence electrons. The number of nitrogens with one attached hydrogen (secondary N) is 1. The number of rotatable bonds is 7.